The zero-order valence-electron chi connectivity index (χ0n) is 16.7. The highest BCUT2D eigenvalue weighted by molar-refractivity contribution is 5.96. The minimum Gasteiger partial charge on any atom is -0.494 e. The van der Waals surface area contributed by atoms with Crippen LogP contribution in [0.5, 0.6) is 5.75 Å². The molecule has 2 amide bonds. The van der Waals surface area contributed by atoms with Gasteiger partial charge >= 0.3 is 5.97 Å². The fourth-order valence-electron chi connectivity index (χ4n) is 2.99. The molecule has 7 heteroatoms. The van der Waals surface area contributed by atoms with Gasteiger partial charge in [0.1, 0.15) is 12.3 Å². The SMILES string of the molecule is CCCCOc1ccc(C(=O)NCC(=O)OCC(=O)N2CCC[C@H](C)C2)cc1. The second-order valence-electron chi connectivity index (χ2n) is 7.16. The largest absolute Gasteiger partial charge is 0.494 e. The number of likely N-dealkylation sites (tertiary alicyclic amines) is 1. The predicted octanol–water partition coefficient (Wildman–Crippen LogP) is 2.40. The lowest BCUT2D eigenvalue weighted by Crippen LogP contribution is -2.42. The number of nitrogens with one attached hydrogen (secondary N) is 1. The Morgan fingerprint density at radius 3 is 2.64 bits per heavy atom. The molecule has 1 aromatic rings. The molecule has 154 valence electrons. The summed E-state index contributed by atoms with van der Waals surface area (Å²) in [6.45, 7) is 5.67. The Kier molecular flexibility index (Phi) is 8.78. The predicted molar refractivity (Wildman–Crippen MR) is 105 cm³/mol. The molecule has 2 rings (SSSR count). The molecule has 0 radical (unpaired) electrons. The van der Waals surface area contributed by atoms with Gasteiger partial charge in [0, 0.05) is 18.7 Å². The molecule has 1 aromatic carbocycles. The van der Waals surface area contributed by atoms with Gasteiger partial charge in [-0.15, -0.1) is 0 Å². The van der Waals surface area contributed by atoms with Crippen molar-refractivity contribution in [3.63, 3.8) is 0 Å². The van der Waals surface area contributed by atoms with Crippen molar-refractivity contribution in [3.8, 4) is 5.75 Å². The average molecular weight is 390 g/mol. The Morgan fingerprint density at radius 1 is 1.21 bits per heavy atom. The van der Waals surface area contributed by atoms with E-state index in [-0.39, 0.29) is 25.0 Å². The van der Waals surface area contributed by atoms with E-state index in [2.05, 4.69) is 19.2 Å². The second-order valence-corrected chi connectivity index (χ2v) is 7.16. The number of esters is 1. The summed E-state index contributed by atoms with van der Waals surface area (Å²) >= 11 is 0. The summed E-state index contributed by atoms with van der Waals surface area (Å²) in [7, 11) is 0. The van der Waals surface area contributed by atoms with E-state index in [4.69, 9.17) is 9.47 Å². The van der Waals surface area contributed by atoms with Crippen LogP contribution in [0.15, 0.2) is 24.3 Å². The van der Waals surface area contributed by atoms with Gasteiger partial charge in [-0.3, -0.25) is 14.4 Å². The number of rotatable bonds is 9. The zero-order chi connectivity index (χ0) is 20.4. The Balaban J connectivity index is 1.68. The molecular weight excluding hydrogens is 360 g/mol. The number of carbonyl (C=O) groups is 3. The van der Waals surface area contributed by atoms with Crippen molar-refractivity contribution in [2.24, 2.45) is 5.92 Å². The monoisotopic (exact) mass is 390 g/mol. The van der Waals surface area contributed by atoms with Crippen LogP contribution in [0.25, 0.3) is 0 Å². The highest BCUT2D eigenvalue weighted by atomic mass is 16.5. The standard InChI is InChI=1S/C21H30N2O5/c1-3-4-12-27-18-9-7-17(8-10-18)21(26)22-13-20(25)28-15-19(24)23-11-5-6-16(2)14-23/h7-10,16H,3-6,11-15H2,1-2H3,(H,22,26)/t16-/m0/s1. The van der Waals surface area contributed by atoms with Gasteiger partial charge in [0.25, 0.3) is 11.8 Å². The third kappa shape index (κ3) is 7.21. The Labute approximate surface area is 166 Å². The smallest absolute Gasteiger partial charge is 0.325 e. The lowest BCUT2D eigenvalue weighted by Gasteiger charge is -2.30. The van der Waals surface area contributed by atoms with Gasteiger partial charge in [0.15, 0.2) is 6.61 Å². The molecule has 1 heterocycles. The van der Waals surface area contributed by atoms with Crippen LogP contribution in [0.4, 0.5) is 0 Å². The molecular formula is C21H30N2O5. The van der Waals surface area contributed by atoms with Crippen molar-refractivity contribution < 1.29 is 23.9 Å². The molecule has 1 atom stereocenters. The van der Waals surface area contributed by atoms with Gasteiger partial charge < -0.3 is 19.7 Å². The minimum atomic E-state index is -0.633. The fourth-order valence-corrected chi connectivity index (χ4v) is 2.99. The molecule has 28 heavy (non-hydrogen) atoms. The Bertz CT molecular complexity index is 659. The first-order valence-electron chi connectivity index (χ1n) is 9.94. The van der Waals surface area contributed by atoms with Crippen molar-refractivity contribution in [2.75, 3.05) is 32.8 Å². The van der Waals surface area contributed by atoms with Crippen LogP contribution in [-0.2, 0) is 14.3 Å². The molecule has 1 saturated heterocycles. The number of hydrogen-bond acceptors (Lipinski definition) is 5. The van der Waals surface area contributed by atoms with Crippen molar-refractivity contribution in [1.29, 1.82) is 0 Å². The summed E-state index contributed by atoms with van der Waals surface area (Å²) in [6.07, 6.45) is 4.11. The molecule has 0 unspecified atom stereocenters. The molecule has 0 aliphatic carbocycles. The van der Waals surface area contributed by atoms with E-state index in [1.54, 1.807) is 29.2 Å². The summed E-state index contributed by atoms with van der Waals surface area (Å²) in [5.74, 6) is -0.0320. The molecule has 0 aromatic heterocycles. The Morgan fingerprint density at radius 2 is 1.96 bits per heavy atom. The first kappa shape index (κ1) is 21.7. The summed E-state index contributed by atoms with van der Waals surface area (Å²) < 4.78 is 10.5. The number of carbonyl (C=O) groups excluding carboxylic acids is 3. The first-order valence-corrected chi connectivity index (χ1v) is 9.94. The van der Waals surface area contributed by atoms with E-state index in [9.17, 15) is 14.4 Å². The minimum absolute atomic E-state index is 0.190. The summed E-state index contributed by atoms with van der Waals surface area (Å²) in [5.41, 5.74) is 0.425. The van der Waals surface area contributed by atoms with Crippen LogP contribution in [0.2, 0.25) is 0 Å². The van der Waals surface area contributed by atoms with E-state index < -0.39 is 5.97 Å². The molecule has 1 aliphatic rings. The zero-order valence-corrected chi connectivity index (χ0v) is 16.7. The van der Waals surface area contributed by atoms with Gasteiger partial charge in [0.2, 0.25) is 0 Å². The first-order chi connectivity index (χ1) is 13.5. The maximum Gasteiger partial charge on any atom is 0.325 e. The van der Waals surface area contributed by atoms with Crippen LogP contribution in [0.1, 0.15) is 49.9 Å². The highest BCUT2D eigenvalue weighted by Crippen LogP contribution is 2.15. The number of unbranched alkanes of at least 4 members (excludes halogenated alkanes) is 1. The molecule has 1 N–H and O–H groups in total. The van der Waals surface area contributed by atoms with Gasteiger partial charge in [-0.2, -0.15) is 0 Å². The van der Waals surface area contributed by atoms with Crippen molar-refractivity contribution in [2.45, 2.75) is 39.5 Å². The molecule has 0 saturated carbocycles. The summed E-state index contributed by atoms with van der Waals surface area (Å²) in [5, 5.41) is 2.50. The number of nitrogens with zero attached hydrogens (tertiary/aromatic N) is 1. The van der Waals surface area contributed by atoms with Gasteiger partial charge in [0.05, 0.1) is 6.61 Å². The van der Waals surface area contributed by atoms with Gasteiger partial charge in [-0.25, -0.2) is 0 Å². The highest BCUT2D eigenvalue weighted by Gasteiger charge is 2.21. The maximum atomic E-state index is 12.1. The number of amides is 2. The van der Waals surface area contributed by atoms with Crippen molar-refractivity contribution >= 4 is 17.8 Å². The van der Waals surface area contributed by atoms with Gasteiger partial charge in [-0.1, -0.05) is 20.3 Å². The van der Waals surface area contributed by atoms with Crippen LogP contribution in [0.3, 0.4) is 0 Å². The van der Waals surface area contributed by atoms with Crippen LogP contribution < -0.4 is 10.1 Å². The third-order valence-corrected chi connectivity index (χ3v) is 4.64. The number of ether oxygens (including phenoxy) is 2. The molecule has 7 nitrogen and oxygen atoms in total. The maximum absolute atomic E-state index is 12.1. The normalized spacial score (nSPS) is 16.4. The molecule has 1 aliphatic heterocycles. The molecule has 1 fully saturated rings. The number of benzene rings is 1. The molecule has 0 bridgehead atoms. The lowest BCUT2D eigenvalue weighted by molar-refractivity contribution is -0.151. The second kappa shape index (κ2) is 11.3. The van der Waals surface area contributed by atoms with Crippen LogP contribution in [-0.4, -0.2) is 55.5 Å². The topological polar surface area (TPSA) is 84.9 Å². The van der Waals surface area contributed by atoms with E-state index >= 15 is 0 Å². The van der Waals surface area contributed by atoms with Gasteiger partial charge in [-0.05, 0) is 49.4 Å². The summed E-state index contributed by atoms with van der Waals surface area (Å²) in [4.78, 5) is 37.7. The van der Waals surface area contributed by atoms with E-state index in [1.807, 2.05) is 0 Å². The van der Waals surface area contributed by atoms with E-state index in [1.165, 1.54) is 0 Å². The molecule has 0 spiro atoms. The van der Waals surface area contributed by atoms with E-state index in [0.29, 0.717) is 36.9 Å². The summed E-state index contributed by atoms with van der Waals surface area (Å²) in [6, 6.07) is 6.73. The van der Waals surface area contributed by atoms with Crippen molar-refractivity contribution in [1.82, 2.24) is 10.2 Å². The van der Waals surface area contributed by atoms with Crippen LogP contribution >= 0.6 is 0 Å². The fraction of sp³-hybridized carbons (Fsp3) is 0.571. The third-order valence-electron chi connectivity index (χ3n) is 4.64. The lowest BCUT2D eigenvalue weighted by atomic mass is 10.0. The van der Waals surface area contributed by atoms with Crippen molar-refractivity contribution in [3.05, 3.63) is 29.8 Å². The van der Waals surface area contributed by atoms with E-state index in [0.717, 1.165) is 25.7 Å². The number of hydrogen-bond donors (Lipinski definition) is 1. The Hall–Kier alpha value is -2.57. The quantitative estimate of drug-likeness (QED) is 0.517. The van der Waals surface area contributed by atoms with Crippen LogP contribution in [0, 0.1) is 5.92 Å². The average Bonchev–Trinajstić information content (AvgIpc) is 2.71. The number of piperidine rings is 1.